The van der Waals surface area contributed by atoms with Gasteiger partial charge in [0.05, 0.1) is 12.2 Å². The van der Waals surface area contributed by atoms with E-state index in [1.165, 1.54) is 17.7 Å². The van der Waals surface area contributed by atoms with Gasteiger partial charge in [-0.1, -0.05) is 29.8 Å². The lowest BCUT2D eigenvalue weighted by Crippen LogP contribution is -2.36. The van der Waals surface area contributed by atoms with E-state index in [9.17, 15) is 9.59 Å². The summed E-state index contributed by atoms with van der Waals surface area (Å²) in [5.41, 5.74) is 2.24. The SMILES string of the molecule is Cc1ccc(OCCCNC(=O)NCc2ccc(C(=O)O)cc2)cc1. The number of aryl methyl sites for hydroxylation is 1. The van der Waals surface area contributed by atoms with Crippen LogP contribution >= 0.6 is 0 Å². The predicted octanol–water partition coefficient (Wildman–Crippen LogP) is 2.96. The van der Waals surface area contributed by atoms with Crippen molar-refractivity contribution >= 4 is 12.0 Å². The molecule has 0 aromatic heterocycles. The number of ether oxygens (including phenoxy) is 1. The summed E-state index contributed by atoms with van der Waals surface area (Å²) in [5.74, 6) is -0.148. The monoisotopic (exact) mass is 342 g/mol. The van der Waals surface area contributed by atoms with Gasteiger partial charge in [0.1, 0.15) is 5.75 Å². The van der Waals surface area contributed by atoms with Crippen molar-refractivity contribution in [2.75, 3.05) is 13.2 Å². The number of rotatable bonds is 8. The van der Waals surface area contributed by atoms with Gasteiger partial charge in [0.25, 0.3) is 0 Å². The molecule has 25 heavy (non-hydrogen) atoms. The molecular weight excluding hydrogens is 320 g/mol. The molecule has 0 aliphatic rings. The van der Waals surface area contributed by atoms with E-state index in [-0.39, 0.29) is 11.6 Å². The fourth-order valence-corrected chi connectivity index (χ4v) is 2.11. The normalized spacial score (nSPS) is 10.1. The number of carbonyl (C=O) groups excluding carboxylic acids is 1. The van der Waals surface area contributed by atoms with Gasteiger partial charge in [0, 0.05) is 13.1 Å². The Morgan fingerprint density at radius 3 is 2.32 bits per heavy atom. The third kappa shape index (κ3) is 6.55. The topological polar surface area (TPSA) is 87.7 Å². The van der Waals surface area contributed by atoms with Gasteiger partial charge in [0.15, 0.2) is 0 Å². The summed E-state index contributed by atoms with van der Waals surface area (Å²) in [4.78, 5) is 22.5. The molecule has 0 radical (unpaired) electrons. The summed E-state index contributed by atoms with van der Waals surface area (Å²) >= 11 is 0. The second kappa shape index (κ2) is 9.32. The largest absolute Gasteiger partial charge is 0.494 e. The van der Waals surface area contributed by atoms with Crippen LogP contribution in [0.2, 0.25) is 0 Å². The molecule has 2 aromatic rings. The zero-order valence-electron chi connectivity index (χ0n) is 14.1. The Hall–Kier alpha value is -3.02. The van der Waals surface area contributed by atoms with Crippen LogP contribution in [0.4, 0.5) is 4.79 Å². The van der Waals surface area contributed by atoms with Gasteiger partial charge in [0.2, 0.25) is 0 Å². The standard InChI is InChI=1S/C19H22N2O4/c1-14-3-9-17(10-4-14)25-12-2-11-20-19(24)21-13-15-5-7-16(8-6-15)18(22)23/h3-10H,2,11-13H2,1H3,(H,22,23)(H2,20,21,24). The maximum atomic E-state index is 11.7. The zero-order valence-corrected chi connectivity index (χ0v) is 14.1. The fourth-order valence-electron chi connectivity index (χ4n) is 2.11. The molecule has 0 unspecified atom stereocenters. The summed E-state index contributed by atoms with van der Waals surface area (Å²) in [7, 11) is 0. The minimum atomic E-state index is -0.967. The highest BCUT2D eigenvalue weighted by atomic mass is 16.5. The van der Waals surface area contributed by atoms with Crippen LogP contribution in [0.1, 0.15) is 27.9 Å². The first-order valence-corrected chi connectivity index (χ1v) is 8.08. The van der Waals surface area contributed by atoms with E-state index in [2.05, 4.69) is 10.6 Å². The minimum Gasteiger partial charge on any atom is -0.494 e. The quantitative estimate of drug-likeness (QED) is 0.644. The smallest absolute Gasteiger partial charge is 0.335 e. The van der Waals surface area contributed by atoms with Gasteiger partial charge in [-0.2, -0.15) is 0 Å². The van der Waals surface area contributed by atoms with E-state index in [4.69, 9.17) is 9.84 Å². The molecule has 0 aliphatic carbocycles. The average molecular weight is 342 g/mol. The first-order valence-electron chi connectivity index (χ1n) is 8.08. The van der Waals surface area contributed by atoms with Gasteiger partial charge < -0.3 is 20.5 Å². The van der Waals surface area contributed by atoms with Crippen molar-refractivity contribution < 1.29 is 19.4 Å². The van der Waals surface area contributed by atoms with Crippen LogP contribution < -0.4 is 15.4 Å². The molecule has 0 aliphatic heterocycles. The number of hydrogen-bond acceptors (Lipinski definition) is 3. The van der Waals surface area contributed by atoms with Crippen molar-refractivity contribution in [3.63, 3.8) is 0 Å². The number of carboxylic acid groups (broad SMARTS) is 1. The van der Waals surface area contributed by atoms with Crippen molar-refractivity contribution in [3.8, 4) is 5.75 Å². The summed E-state index contributed by atoms with van der Waals surface area (Å²) in [5, 5.41) is 14.3. The molecule has 2 rings (SSSR count). The molecule has 0 saturated heterocycles. The van der Waals surface area contributed by atoms with Crippen LogP contribution in [-0.4, -0.2) is 30.3 Å². The molecule has 0 spiro atoms. The van der Waals surface area contributed by atoms with Gasteiger partial charge >= 0.3 is 12.0 Å². The molecular formula is C19H22N2O4. The van der Waals surface area contributed by atoms with Crippen LogP contribution in [0.3, 0.4) is 0 Å². The van der Waals surface area contributed by atoms with Crippen molar-refractivity contribution in [3.05, 3.63) is 65.2 Å². The summed E-state index contributed by atoms with van der Waals surface area (Å²) in [6, 6.07) is 13.9. The average Bonchev–Trinajstić information content (AvgIpc) is 2.61. The summed E-state index contributed by atoms with van der Waals surface area (Å²) in [6.07, 6.45) is 0.703. The third-order valence-corrected chi connectivity index (χ3v) is 3.55. The number of carboxylic acids is 1. The predicted molar refractivity (Wildman–Crippen MR) is 94.9 cm³/mol. The molecule has 0 bridgehead atoms. The van der Waals surface area contributed by atoms with Gasteiger partial charge in [-0.25, -0.2) is 9.59 Å². The lowest BCUT2D eigenvalue weighted by Gasteiger charge is -2.09. The number of nitrogens with one attached hydrogen (secondary N) is 2. The Kier molecular flexibility index (Phi) is 6.83. The second-order valence-electron chi connectivity index (χ2n) is 5.63. The van der Waals surface area contributed by atoms with E-state index in [1.54, 1.807) is 12.1 Å². The molecule has 0 heterocycles. The Balaban J connectivity index is 1.59. The molecule has 0 saturated carbocycles. The fraction of sp³-hybridized carbons (Fsp3) is 0.263. The zero-order chi connectivity index (χ0) is 18.1. The summed E-state index contributed by atoms with van der Waals surface area (Å²) in [6.45, 7) is 3.40. The van der Waals surface area contributed by atoms with Gasteiger partial charge in [-0.05, 0) is 43.2 Å². The Bertz CT molecular complexity index is 696. The summed E-state index contributed by atoms with van der Waals surface area (Å²) < 4.78 is 5.58. The molecule has 6 nitrogen and oxygen atoms in total. The van der Waals surface area contributed by atoms with E-state index >= 15 is 0 Å². The van der Waals surface area contributed by atoms with Crippen LogP contribution in [0.5, 0.6) is 5.75 Å². The lowest BCUT2D eigenvalue weighted by molar-refractivity contribution is 0.0697. The maximum Gasteiger partial charge on any atom is 0.335 e. The third-order valence-electron chi connectivity index (χ3n) is 3.55. The van der Waals surface area contributed by atoms with Crippen molar-refractivity contribution in [1.29, 1.82) is 0 Å². The number of carbonyl (C=O) groups is 2. The first kappa shape index (κ1) is 18.3. The van der Waals surface area contributed by atoms with E-state index in [0.717, 1.165) is 11.3 Å². The highest BCUT2D eigenvalue weighted by molar-refractivity contribution is 5.87. The Morgan fingerprint density at radius 2 is 1.68 bits per heavy atom. The number of aromatic carboxylic acids is 1. The Morgan fingerprint density at radius 1 is 1.00 bits per heavy atom. The number of amides is 2. The molecule has 0 atom stereocenters. The number of benzene rings is 2. The molecule has 2 amide bonds. The highest BCUT2D eigenvalue weighted by Crippen LogP contribution is 2.11. The highest BCUT2D eigenvalue weighted by Gasteiger charge is 2.03. The minimum absolute atomic E-state index is 0.224. The second-order valence-corrected chi connectivity index (χ2v) is 5.63. The van der Waals surface area contributed by atoms with Crippen molar-refractivity contribution in [2.45, 2.75) is 19.9 Å². The van der Waals surface area contributed by atoms with Gasteiger partial charge in [-0.3, -0.25) is 0 Å². The van der Waals surface area contributed by atoms with Crippen molar-refractivity contribution in [1.82, 2.24) is 10.6 Å². The number of urea groups is 1. The van der Waals surface area contributed by atoms with Crippen LogP contribution in [0.15, 0.2) is 48.5 Å². The van der Waals surface area contributed by atoms with E-state index in [0.29, 0.717) is 26.1 Å². The lowest BCUT2D eigenvalue weighted by atomic mass is 10.1. The molecule has 3 N–H and O–H groups in total. The van der Waals surface area contributed by atoms with Crippen molar-refractivity contribution in [2.24, 2.45) is 0 Å². The van der Waals surface area contributed by atoms with E-state index in [1.807, 2.05) is 31.2 Å². The van der Waals surface area contributed by atoms with E-state index < -0.39 is 5.97 Å². The maximum absolute atomic E-state index is 11.7. The Labute approximate surface area is 146 Å². The molecule has 6 heteroatoms. The number of hydrogen-bond donors (Lipinski definition) is 3. The molecule has 132 valence electrons. The van der Waals surface area contributed by atoms with Crippen LogP contribution in [0.25, 0.3) is 0 Å². The molecule has 0 fully saturated rings. The van der Waals surface area contributed by atoms with Crippen LogP contribution in [-0.2, 0) is 6.54 Å². The molecule has 2 aromatic carbocycles. The first-order chi connectivity index (χ1) is 12.0. The van der Waals surface area contributed by atoms with Crippen LogP contribution in [0, 0.1) is 6.92 Å². The van der Waals surface area contributed by atoms with Gasteiger partial charge in [-0.15, -0.1) is 0 Å².